The molecule has 0 aliphatic heterocycles. The number of hydrogen-bond acceptors (Lipinski definition) is 3. The van der Waals surface area contributed by atoms with Gasteiger partial charge in [-0.2, -0.15) is 0 Å². The fourth-order valence-electron chi connectivity index (χ4n) is 2.87. The average Bonchev–Trinajstić information content (AvgIpc) is 2.80. The molecule has 1 aromatic carbocycles. The molecule has 0 fully saturated rings. The van der Waals surface area contributed by atoms with Crippen LogP contribution in [0.3, 0.4) is 0 Å². The zero-order chi connectivity index (χ0) is 15.4. The molecule has 0 saturated carbocycles. The van der Waals surface area contributed by atoms with Crippen molar-refractivity contribution in [1.29, 1.82) is 0 Å². The van der Waals surface area contributed by atoms with E-state index >= 15 is 0 Å². The minimum Gasteiger partial charge on any atom is -0.496 e. The molecule has 2 aromatic rings. The number of ether oxygens (including phenoxy) is 1. The van der Waals surface area contributed by atoms with Crippen molar-refractivity contribution in [3.05, 3.63) is 29.5 Å². The van der Waals surface area contributed by atoms with Crippen molar-refractivity contribution in [2.24, 2.45) is 7.05 Å². The highest BCUT2D eigenvalue weighted by molar-refractivity contribution is 5.92. The van der Waals surface area contributed by atoms with Crippen LogP contribution in [0.2, 0.25) is 0 Å². The van der Waals surface area contributed by atoms with Gasteiger partial charge in [0.25, 0.3) is 0 Å². The Morgan fingerprint density at radius 2 is 1.95 bits per heavy atom. The highest BCUT2D eigenvalue weighted by Gasteiger charge is 2.15. The van der Waals surface area contributed by atoms with Gasteiger partial charge in [0.15, 0.2) is 0 Å². The van der Waals surface area contributed by atoms with Crippen LogP contribution in [-0.4, -0.2) is 48.9 Å². The van der Waals surface area contributed by atoms with Crippen LogP contribution in [0.15, 0.2) is 18.3 Å². The summed E-state index contributed by atoms with van der Waals surface area (Å²) in [5, 5.41) is 10.3. The molecule has 2 rings (SSSR count). The summed E-state index contributed by atoms with van der Waals surface area (Å²) < 4.78 is 7.76. The van der Waals surface area contributed by atoms with E-state index in [-0.39, 0.29) is 6.61 Å². The largest absolute Gasteiger partial charge is 0.496 e. The summed E-state index contributed by atoms with van der Waals surface area (Å²) in [7, 11) is 8.00. The number of fused-ring (bicyclic) bond motifs is 1. The van der Waals surface area contributed by atoms with Gasteiger partial charge in [-0.1, -0.05) is 6.07 Å². The van der Waals surface area contributed by atoms with E-state index < -0.39 is 0 Å². The first-order valence-electron chi connectivity index (χ1n) is 7.47. The zero-order valence-electron chi connectivity index (χ0n) is 13.5. The molecule has 0 amide bonds. The second kappa shape index (κ2) is 6.96. The number of aryl methyl sites for hydroxylation is 2. The zero-order valence-corrected chi connectivity index (χ0v) is 13.5. The summed E-state index contributed by atoms with van der Waals surface area (Å²) >= 11 is 0. The molecule has 0 atom stereocenters. The minimum absolute atomic E-state index is 0.228. The van der Waals surface area contributed by atoms with Crippen LogP contribution < -0.4 is 4.74 Å². The standard InChI is InChI=1S/C17H26N2O2/c1-18(2)10-9-14-12-19(3)17-13(6-5-11-20)7-8-15(21-4)16(14)17/h7-8,12,20H,5-6,9-11H2,1-4H3. The third kappa shape index (κ3) is 3.39. The molecule has 1 aromatic heterocycles. The van der Waals surface area contributed by atoms with Crippen molar-refractivity contribution in [3.63, 3.8) is 0 Å². The summed E-state index contributed by atoms with van der Waals surface area (Å²) in [5.41, 5.74) is 3.83. The maximum Gasteiger partial charge on any atom is 0.128 e. The number of methoxy groups -OCH3 is 1. The quantitative estimate of drug-likeness (QED) is 0.849. The molecule has 4 heteroatoms. The highest BCUT2D eigenvalue weighted by atomic mass is 16.5. The molecular weight excluding hydrogens is 264 g/mol. The van der Waals surface area contributed by atoms with E-state index in [0.717, 1.165) is 31.6 Å². The second-order valence-electron chi connectivity index (χ2n) is 5.80. The Kier molecular flexibility index (Phi) is 5.26. The summed E-state index contributed by atoms with van der Waals surface area (Å²) in [4.78, 5) is 2.20. The second-order valence-corrected chi connectivity index (χ2v) is 5.80. The van der Waals surface area contributed by atoms with Gasteiger partial charge in [-0.3, -0.25) is 0 Å². The van der Waals surface area contributed by atoms with E-state index in [0.29, 0.717) is 0 Å². The lowest BCUT2D eigenvalue weighted by atomic mass is 10.0. The van der Waals surface area contributed by atoms with Crippen LogP contribution in [0.25, 0.3) is 10.9 Å². The van der Waals surface area contributed by atoms with Crippen LogP contribution >= 0.6 is 0 Å². The molecule has 21 heavy (non-hydrogen) atoms. The Morgan fingerprint density at radius 3 is 2.57 bits per heavy atom. The predicted molar refractivity (Wildman–Crippen MR) is 87.1 cm³/mol. The van der Waals surface area contributed by atoms with E-state index in [1.54, 1.807) is 7.11 Å². The lowest BCUT2D eigenvalue weighted by Gasteiger charge is -2.11. The molecule has 4 nitrogen and oxygen atoms in total. The van der Waals surface area contributed by atoms with Crippen molar-refractivity contribution >= 4 is 10.9 Å². The van der Waals surface area contributed by atoms with Gasteiger partial charge in [-0.25, -0.2) is 0 Å². The molecule has 0 saturated heterocycles. The van der Waals surface area contributed by atoms with Crippen molar-refractivity contribution in [3.8, 4) is 5.75 Å². The van der Waals surface area contributed by atoms with E-state index in [1.807, 2.05) is 6.07 Å². The molecule has 0 aliphatic carbocycles. The number of aliphatic hydroxyl groups is 1. The molecular formula is C17H26N2O2. The molecule has 0 aliphatic rings. The van der Waals surface area contributed by atoms with Gasteiger partial charge in [0.1, 0.15) is 5.75 Å². The van der Waals surface area contributed by atoms with Gasteiger partial charge in [-0.15, -0.1) is 0 Å². The normalized spacial score (nSPS) is 11.5. The molecule has 0 unspecified atom stereocenters. The number of likely N-dealkylation sites (N-methyl/N-ethyl adjacent to an activating group) is 1. The fraction of sp³-hybridized carbons (Fsp3) is 0.529. The molecule has 0 spiro atoms. The number of hydrogen-bond donors (Lipinski definition) is 1. The predicted octanol–water partition coefficient (Wildman–Crippen LogP) is 2.22. The molecule has 0 bridgehead atoms. The Hall–Kier alpha value is -1.52. The first-order valence-corrected chi connectivity index (χ1v) is 7.47. The molecule has 0 radical (unpaired) electrons. The Morgan fingerprint density at radius 1 is 1.19 bits per heavy atom. The molecule has 1 N–H and O–H groups in total. The summed E-state index contributed by atoms with van der Waals surface area (Å²) in [5.74, 6) is 0.937. The van der Waals surface area contributed by atoms with E-state index in [4.69, 9.17) is 9.84 Å². The van der Waals surface area contributed by atoms with Gasteiger partial charge in [-0.05, 0) is 50.6 Å². The fourth-order valence-corrected chi connectivity index (χ4v) is 2.87. The maximum absolute atomic E-state index is 9.08. The van der Waals surface area contributed by atoms with Crippen molar-refractivity contribution in [2.45, 2.75) is 19.3 Å². The topological polar surface area (TPSA) is 37.6 Å². The number of nitrogens with zero attached hydrogens (tertiary/aromatic N) is 2. The Bertz CT molecular complexity index is 602. The maximum atomic E-state index is 9.08. The van der Waals surface area contributed by atoms with Crippen LogP contribution in [0.5, 0.6) is 5.75 Å². The SMILES string of the molecule is COc1ccc(CCCO)c2c1c(CCN(C)C)cn2C. The number of aliphatic hydroxyl groups excluding tert-OH is 1. The molecule has 1 heterocycles. The summed E-state index contributed by atoms with van der Waals surface area (Å²) in [6.45, 7) is 1.24. The summed E-state index contributed by atoms with van der Waals surface area (Å²) in [6, 6.07) is 4.17. The van der Waals surface area contributed by atoms with Crippen LogP contribution in [0.1, 0.15) is 17.5 Å². The van der Waals surface area contributed by atoms with Crippen LogP contribution in [0, 0.1) is 0 Å². The molecule has 116 valence electrons. The van der Waals surface area contributed by atoms with Gasteiger partial charge < -0.3 is 19.3 Å². The van der Waals surface area contributed by atoms with E-state index in [2.05, 4.69) is 42.9 Å². The third-order valence-corrected chi connectivity index (χ3v) is 3.90. The smallest absolute Gasteiger partial charge is 0.128 e. The summed E-state index contributed by atoms with van der Waals surface area (Å²) in [6.07, 6.45) is 4.89. The monoisotopic (exact) mass is 290 g/mol. The van der Waals surface area contributed by atoms with Crippen molar-refractivity contribution < 1.29 is 9.84 Å². The van der Waals surface area contributed by atoms with Crippen LogP contribution in [-0.2, 0) is 19.9 Å². The highest BCUT2D eigenvalue weighted by Crippen LogP contribution is 2.33. The average molecular weight is 290 g/mol. The first-order chi connectivity index (χ1) is 10.1. The number of rotatable bonds is 7. The van der Waals surface area contributed by atoms with E-state index in [9.17, 15) is 0 Å². The van der Waals surface area contributed by atoms with Gasteiger partial charge in [0, 0.05) is 31.8 Å². The van der Waals surface area contributed by atoms with Crippen LogP contribution in [0.4, 0.5) is 0 Å². The van der Waals surface area contributed by atoms with Crippen molar-refractivity contribution in [1.82, 2.24) is 9.47 Å². The first kappa shape index (κ1) is 15.9. The lowest BCUT2D eigenvalue weighted by Crippen LogP contribution is -2.14. The van der Waals surface area contributed by atoms with Gasteiger partial charge >= 0.3 is 0 Å². The van der Waals surface area contributed by atoms with Gasteiger partial charge in [0.05, 0.1) is 12.6 Å². The Balaban J connectivity index is 2.50. The Labute approximate surface area is 126 Å². The minimum atomic E-state index is 0.228. The van der Waals surface area contributed by atoms with Crippen molar-refractivity contribution in [2.75, 3.05) is 34.4 Å². The third-order valence-electron chi connectivity index (χ3n) is 3.90. The number of benzene rings is 1. The van der Waals surface area contributed by atoms with Gasteiger partial charge in [0.2, 0.25) is 0 Å². The number of aromatic nitrogens is 1. The van der Waals surface area contributed by atoms with E-state index in [1.165, 1.54) is 22.0 Å². The lowest BCUT2D eigenvalue weighted by molar-refractivity contribution is 0.288.